The van der Waals surface area contributed by atoms with Gasteiger partial charge in [-0.3, -0.25) is 0 Å². The number of carbonyl (C=O) groups excluding carboxylic acids is 1. The molecule has 2 aromatic carbocycles. The van der Waals surface area contributed by atoms with Crippen LogP contribution in [0.15, 0.2) is 48.5 Å². The molecule has 0 heterocycles. The van der Waals surface area contributed by atoms with Crippen molar-refractivity contribution in [1.29, 1.82) is 0 Å². The van der Waals surface area contributed by atoms with Gasteiger partial charge in [-0.25, -0.2) is 4.79 Å². The van der Waals surface area contributed by atoms with E-state index < -0.39 is 6.09 Å². The highest BCUT2D eigenvalue weighted by Gasteiger charge is 2.29. The van der Waals surface area contributed by atoms with Gasteiger partial charge >= 0.3 is 6.09 Å². The summed E-state index contributed by atoms with van der Waals surface area (Å²) in [6.07, 6.45) is -0.162. The lowest BCUT2D eigenvalue weighted by atomic mass is 9.91. The van der Waals surface area contributed by atoms with E-state index in [0.717, 1.165) is 6.42 Å². The largest absolute Gasteiger partial charge is 0.447 e. The summed E-state index contributed by atoms with van der Waals surface area (Å²) in [7, 11) is 0. The van der Waals surface area contributed by atoms with Crippen molar-refractivity contribution >= 4 is 6.09 Å². The molecule has 1 aliphatic rings. The van der Waals surface area contributed by atoms with Crippen LogP contribution in [-0.2, 0) is 4.74 Å². The van der Waals surface area contributed by atoms with E-state index in [1.165, 1.54) is 22.3 Å². The zero-order valence-electron chi connectivity index (χ0n) is 11.4. The lowest BCUT2D eigenvalue weighted by molar-refractivity contribution is 0.109. The quantitative estimate of drug-likeness (QED) is 0.922. The van der Waals surface area contributed by atoms with Gasteiger partial charge in [0.2, 0.25) is 0 Å². The maximum atomic E-state index is 10.9. The molecule has 3 nitrogen and oxygen atoms in total. The second-order valence-electron chi connectivity index (χ2n) is 5.21. The predicted molar refractivity (Wildman–Crippen MR) is 78.5 cm³/mol. The number of carbonyl (C=O) groups is 1. The van der Waals surface area contributed by atoms with Crippen LogP contribution < -0.4 is 5.73 Å². The minimum absolute atomic E-state index is 0.197. The highest BCUT2D eigenvalue weighted by Crippen LogP contribution is 2.46. The zero-order chi connectivity index (χ0) is 14.1. The van der Waals surface area contributed by atoms with Crippen molar-refractivity contribution in [3.63, 3.8) is 0 Å². The van der Waals surface area contributed by atoms with Crippen molar-refractivity contribution in [1.82, 2.24) is 0 Å². The van der Waals surface area contributed by atoms with Gasteiger partial charge in [-0.1, -0.05) is 48.5 Å². The Labute approximate surface area is 118 Å². The van der Waals surface area contributed by atoms with Crippen molar-refractivity contribution in [3.8, 4) is 11.1 Å². The van der Waals surface area contributed by atoms with E-state index >= 15 is 0 Å². The van der Waals surface area contributed by atoms with Crippen LogP contribution in [0.1, 0.15) is 30.4 Å². The van der Waals surface area contributed by atoms with E-state index in [0.29, 0.717) is 0 Å². The molecule has 1 amide bonds. The highest BCUT2D eigenvalue weighted by atomic mass is 16.6. The summed E-state index contributed by atoms with van der Waals surface area (Å²) in [5.41, 5.74) is 10.2. The number of primary amides is 1. The Kier molecular flexibility index (Phi) is 3.18. The minimum Gasteiger partial charge on any atom is -0.447 e. The Bertz CT molecular complexity index is 605. The van der Waals surface area contributed by atoms with Gasteiger partial charge in [-0.05, 0) is 35.6 Å². The molecular formula is C17H17NO2. The molecule has 3 rings (SSSR count). The number of fused-ring (bicyclic) bond motifs is 3. The molecule has 1 unspecified atom stereocenters. The van der Waals surface area contributed by atoms with Crippen LogP contribution in [0.2, 0.25) is 0 Å². The molecule has 0 bridgehead atoms. The molecular weight excluding hydrogens is 250 g/mol. The van der Waals surface area contributed by atoms with Crippen molar-refractivity contribution < 1.29 is 9.53 Å². The Hall–Kier alpha value is -2.29. The monoisotopic (exact) mass is 267 g/mol. The summed E-state index contributed by atoms with van der Waals surface area (Å²) in [5.74, 6) is 0.261. The van der Waals surface area contributed by atoms with Crippen molar-refractivity contribution in [3.05, 3.63) is 59.7 Å². The van der Waals surface area contributed by atoms with Crippen LogP contribution in [0.25, 0.3) is 11.1 Å². The third-order valence-corrected chi connectivity index (χ3v) is 3.85. The number of hydrogen-bond acceptors (Lipinski definition) is 2. The molecule has 0 aliphatic heterocycles. The fourth-order valence-electron chi connectivity index (χ4n) is 3.09. The van der Waals surface area contributed by atoms with Crippen molar-refractivity contribution in [2.75, 3.05) is 0 Å². The normalized spacial score (nSPS) is 14.4. The van der Waals surface area contributed by atoms with Gasteiger partial charge in [0.05, 0.1) is 0 Å². The molecule has 102 valence electrons. The predicted octanol–water partition coefficient (Wildman–Crippen LogP) is 3.67. The van der Waals surface area contributed by atoms with E-state index in [4.69, 9.17) is 10.5 Å². The topological polar surface area (TPSA) is 52.3 Å². The van der Waals surface area contributed by atoms with Gasteiger partial charge in [0.25, 0.3) is 0 Å². The Balaban J connectivity index is 1.97. The molecule has 0 saturated heterocycles. The van der Waals surface area contributed by atoms with E-state index in [-0.39, 0.29) is 12.0 Å². The van der Waals surface area contributed by atoms with E-state index in [1.807, 2.05) is 6.92 Å². The lowest BCUT2D eigenvalue weighted by Crippen LogP contribution is -2.22. The molecule has 20 heavy (non-hydrogen) atoms. The number of amides is 1. The summed E-state index contributed by atoms with van der Waals surface area (Å²) >= 11 is 0. The maximum Gasteiger partial charge on any atom is 0.404 e. The SMILES string of the molecule is CC(CC1c2ccccc2-c2ccccc21)OC(N)=O. The second kappa shape index (κ2) is 5.00. The summed E-state index contributed by atoms with van der Waals surface area (Å²) in [4.78, 5) is 10.9. The van der Waals surface area contributed by atoms with Crippen LogP contribution in [-0.4, -0.2) is 12.2 Å². The molecule has 0 spiro atoms. The van der Waals surface area contributed by atoms with E-state index in [2.05, 4.69) is 48.5 Å². The first-order chi connectivity index (χ1) is 9.66. The third-order valence-electron chi connectivity index (χ3n) is 3.85. The number of hydrogen-bond donors (Lipinski definition) is 1. The van der Waals surface area contributed by atoms with Crippen LogP contribution in [0.5, 0.6) is 0 Å². The molecule has 0 radical (unpaired) electrons. The van der Waals surface area contributed by atoms with Gasteiger partial charge in [-0.2, -0.15) is 0 Å². The van der Waals surface area contributed by atoms with Gasteiger partial charge < -0.3 is 10.5 Å². The number of ether oxygens (including phenoxy) is 1. The average molecular weight is 267 g/mol. The second-order valence-corrected chi connectivity index (χ2v) is 5.21. The molecule has 3 heteroatoms. The Morgan fingerprint density at radius 2 is 1.60 bits per heavy atom. The van der Waals surface area contributed by atoms with Crippen molar-refractivity contribution in [2.24, 2.45) is 5.73 Å². The highest BCUT2D eigenvalue weighted by molar-refractivity contribution is 5.78. The lowest BCUT2D eigenvalue weighted by Gasteiger charge is -2.18. The first-order valence-electron chi connectivity index (χ1n) is 6.81. The first-order valence-corrected chi connectivity index (χ1v) is 6.81. The third kappa shape index (κ3) is 2.16. The summed E-state index contributed by atoms with van der Waals surface area (Å²) in [6, 6.07) is 16.8. The summed E-state index contributed by atoms with van der Waals surface area (Å²) in [5, 5.41) is 0. The van der Waals surface area contributed by atoms with E-state index in [1.54, 1.807) is 0 Å². The minimum atomic E-state index is -0.711. The molecule has 0 saturated carbocycles. The van der Waals surface area contributed by atoms with Gasteiger partial charge in [0.1, 0.15) is 6.10 Å². The zero-order valence-corrected chi connectivity index (χ0v) is 11.4. The summed E-state index contributed by atoms with van der Waals surface area (Å²) in [6.45, 7) is 1.88. The van der Waals surface area contributed by atoms with Gasteiger partial charge in [-0.15, -0.1) is 0 Å². The van der Waals surface area contributed by atoms with Crippen LogP contribution in [0, 0.1) is 0 Å². The molecule has 0 aromatic heterocycles. The van der Waals surface area contributed by atoms with Crippen LogP contribution in [0.3, 0.4) is 0 Å². The Morgan fingerprint density at radius 1 is 1.10 bits per heavy atom. The number of benzene rings is 2. The standard InChI is InChI=1S/C17H17NO2/c1-11(20-17(18)19)10-16-14-8-4-2-6-12(14)13-7-3-5-9-15(13)16/h2-9,11,16H,10H2,1H3,(H2,18,19). The molecule has 1 aliphatic carbocycles. The molecule has 0 fully saturated rings. The van der Waals surface area contributed by atoms with Gasteiger partial charge in [0.15, 0.2) is 0 Å². The van der Waals surface area contributed by atoms with Crippen LogP contribution >= 0.6 is 0 Å². The maximum absolute atomic E-state index is 10.9. The fourth-order valence-corrected chi connectivity index (χ4v) is 3.09. The van der Waals surface area contributed by atoms with E-state index in [9.17, 15) is 4.79 Å². The first kappa shape index (κ1) is 12.7. The molecule has 2 N–H and O–H groups in total. The number of rotatable bonds is 3. The average Bonchev–Trinajstić information content (AvgIpc) is 2.73. The molecule has 1 atom stereocenters. The molecule has 2 aromatic rings. The Morgan fingerprint density at radius 3 is 2.10 bits per heavy atom. The summed E-state index contributed by atoms with van der Waals surface area (Å²) < 4.78 is 5.08. The van der Waals surface area contributed by atoms with Gasteiger partial charge in [0, 0.05) is 5.92 Å². The smallest absolute Gasteiger partial charge is 0.404 e. The fraction of sp³-hybridized carbons (Fsp3) is 0.235. The number of nitrogens with two attached hydrogens (primary N) is 1. The van der Waals surface area contributed by atoms with Crippen molar-refractivity contribution in [2.45, 2.75) is 25.4 Å². The van der Waals surface area contributed by atoms with Crippen LogP contribution in [0.4, 0.5) is 4.79 Å².